The van der Waals surface area contributed by atoms with E-state index in [2.05, 4.69) is 0 Å². The van der Waals surface area contributed by atoms with Crippen LogP contribution in [-0.4, -0.2) is 13.4 Å². The molecule has 0 heterocycles. The third-order valence-corrected chi connectivity index (χ3v) is 2.41. The van der Waals surface area contributed by atoms with Crippen molar-refractivity contribution in [2.75, 3.05) is 13.4 Å². The number of methoxy groups -OCH3 is 1. The van der Waals surface area contributed by atoms with Gasteiger partial charge in [-0.25, -0.2) is 4.39 Å². The molecule has 1 nitrogen and oxygen atoms in total. The standard InChI is InChI=1S/C8H8ClFOS/c1-11-7-4-5(12-2)3-6(9)8(7)10/h3-4H,1-2H3. The van der Waals surface area contributed by atoms with E-state index in [9.17, 15) is 4.39 Å². The summed E-state index contributed by atoms with van der Waals surface area (Å²) < 4.78 is 17.8. The van der Waals surface area contributed by atoms with Crippen LogP contribution in [0.3, 0.4) is 0 Å². The quantitative estimate of drug-likeness (QED) is 0.688. The lowest BCUT2D eigenvalue weighted by atomic mass is 10.3. The van der Waals surface area contributed by atoms with Crippen molar-refractivity contribution in [1.29, 1.82) is 0 Å². The van der Waals surface area contributed by atoms with Gasteiger partial charge in [-0.3, -0.25) is 0 Å². The van der Waals surface area contributed by atoms with E-state index in [1.165, 1.54) is 18.9 Å². The molecule has 0 aliphatic heterocycles. The van der Waals surface area contributed by atoms with Gasteiger partial charge in [0.15, 0.2) is 11.6 Å². The summed E-state index contributed by atoms with van der Waals surface area (Å²) in [6, 6.07) is 3.19. The predicted octanol–water partition coefficient (Wildman–Crippen LogP) is 3.21. The van der Waals surface area contributed by atoms with E-state index in [0.29, 0.717) is 0 Å². The van der Waals surface area contributed by atoms with Gasteiger partial charge in [0, 0.05) is 4.90 Å². The van der Waals surface area contributed by atoms with Crippen LogP contribution in [0.2, 0.25) is 5.02 Å². The van der Waals surface area contributed by atoms with Crippen LogP contribution in [0.15, 0.2) is 17.0 Å². The Morgan fingerprint density at radius 1 is 1.50 bits per heavy atom. The number of hydrogen-bond donors (Lipinski definition) is 0. The molecule has 0 bridgehead atoms. The summed E-state index contributed by atoms with van der Waals surface area (Å²) in [6.45, 7) is 0. The molecule has 0 radical (unpaired) electrons. The number of ether oxygens (including phenoxy) is 1. The lowest BCUT2D eigenvalue weighted by molar-refractivity contribution is 0.385. The first kappa shape index (κ1) is 9.68. The zero-order valence-corrected chi connectivity index (χ0v) is 8.30. The fourth-order valence-corrected chi connectivity index (χ4v) is 1.54. The minimum atomic E-state index is -0.503. The Labute approximate surface area is 79.9 Å². The third kappa shape index (κ3) is 1.84. The van der Waals surface area contributed by atoms with E-state index in [0.717, 1.165) is 4.90 Å². The predicted molar refractivity (Wildman–Crippen MR) is 49.7 cm³/mol. The van der Waals surface area contributed by atoms with Crippen LogP contribution in [0.5, 0.6) is 5.75 Å². The average molecular weight is 207 g/mol. The van der Waals surface area contributed by atoms with Crippen LogP contribution in [0, 0.1) is 5.82 Å². The highest BCUT2D eigenvalue weighted by molar-refractivity contribution is 7.98. The zero-order chi connectivity index (χ0) is 9.14. The molecule has 66 valence electrons. The van der Waals surface area contributed by atoms with Gasteiger partial charge < -0.3 is 4.74 Å². The van der Waals surface area contributed by atoms with Gasteiger partial charge in [0.25, 0.3) is 0 Å². The van der Waals surface area contributed by atoms with E-state index in [4.69, 9.17) is 16.3 Å². The van der Waals surface area contributed by atoms with Crippen LogP contribution in [-0.2, 0) is 0 Å². The van der Waals surface area contributed by atoms with Gasteiger partial charge in [-0.15, -0.1) is 11.8 Å². The molecule has 0 N–H and O–H groups in total. The highest BCUT2D eigenvalue weighted by atomic mass is 35.5. The Kier molecular flexibility index (Phi) is 3.23. The summed E-state index contributed by atoms with van der Waals surface area (Å²) in [5, 5.41) is 0.0960. The Morgan fingerprint density at radius 2 is 2.17 bits per heavy atom. The fraction of sp³-hybridized carbons (Fsp3) is 0.250. The highest BCUT2D eigenvalue weighted by Crippen LogP contribution is 2.30. The van der Waals surface area contributed by atoms with Crippen LogP contribution in [0.1, 0.15) is 0 Å². The molecule has 0 saturated carbocycles. The van der Waals surface area contributed by atoms with E-state index >= 15 is 0 Å². The van der Waals surface area contributed by atoms with Crippen molar-refractivity contribution in [1.82, 2.24) is 0 Å². The monoisotopic (exact) mass is 206 g/mol. The summed E-state index contributed by atoms with van der Waals surface area (Å²) in [7, 11) is 1.42. The Hall–Kier alpha value is -0.410. The second-order valence-corrected chi connectivity index (χ2v) is 3.41. The number of benzene rings is 1. The van der Waals surface area contributed by atoms with Crippen molar-refractivity contribution in [3.05, 3.63) is 23.0 Å². The van der Waals surface area contributed by atoms with Gasteiger partial charge in [-0.05, 0) is 18.4 Å². The molecule has 0 aromatic heterocycles. The molecule has 1 aromatic rings. The van der Waals surface area contributed by atoms with Gasteiger partial charge in [-0.2, -0.15) is 0 Å². The zero-order valence-electron chi connectivity index (χ0n) is 6.73. The van der Waals surface area contributed by atoms with Gasteiger partial charge in [0.05, 0.1) is 12.1 Å². The topological polar surface area (TPSA) is 9.23 Å². The average Bonchev–Trinajstić information content (AvgIpc) is 2.09. The summed E-state index contributed by atoms with van der Waals surface area (Å²) in [6.07, 6.45) is 1.89. The first-order valence-corrected chi connectivity index (χ1v) is 4.86. The lowest BCUT2D eigenvalue weighted by Crippen LogP contribution is -1.89. The lowest BCUT2D eigenvalue weighted by Gasteiger charge is -2.05. The van der Waals surface area contributed by atoms with Gasteiger partial charge in [0.1, 0.15) is 0 Å². The van der Waals surface area contributed by atoms with Crippen molar-refractivity contribution in [3.63, 3.8) is 0 Å². The molecule has 0 atom stereocenters. The molecule has 0 spiro atoms. The van der Waals surface area contributed by atoms with Gasteiger partial charge in [0.2, 0.25) is 0 Å². The molecule has 0 fully saturated rings. The first-order chi connectivity index (χ1) is 5.69. The first-order valence-electron chi connectivity index (χ1n) is 3.26. The summed E-state index contributed by atoms with van der Waals surface area (Å²) >= 11 is 7.10. The fourth-order valence-electron chi connectivity index (χ4n) is 0.807. The van der Waals surface area contributed by atoms with E-state index < -0.39 is 5.82 Å². The minimum Gasteiger partial charge on any atom is -0.494 e. The summed E-state index contributed by atoms with van der Waals surface area (Å²) in [4.78, 5) is 0.887. The molecular weight excluding hydrogens is 199 g/mol. The molecule has 0 saturated heterocycles. The van der Waals surface area contributed by atoms with Crippen LogP contribution in [0.4, 0.5) is 4.39 Å². The smallest absolute Gasteiger partial charge is 0.183 e. The van der Waals surface area contributed by atoms with Crippen LogP contribution < -0.4 is 4.74 Å². The molecule has 0 aliphatic rings. The SMILES string of the molecule is COc1cc(SC)cc(Cl)c1F. The number of hydrogen-bond acceptors (Lipinski definition) is 2. The van der Waals surface area contributed by atoms with E-state index in [1.54, 1.807) is 12.1 Å². The van der Waals surface area contributed by atoms with E-state index in [1.807, 2.05) is 6.26 Å². The molecule has 0 amide bonds. The number of rotatable bonds is 2. The molecule has 12 heavy (non-hydrogen) atoms. The number of thioether (sulfide) groups is 1. The second-order valence-electron chi connectivity index (χ2n) is 2.13. The van der Waals surface area contributed by atoms with Gasteiger partial charge in [-0.1, -0.05) is 11.6 Å². The maximum absolute atomic E-state index is 13.1. The summed E-state index contributed by atoms with van der Waals surface area (Å²) in [5.74, 6) is -0.316. The minimum absolute atomic E-state index is 0.0960. The number of halogens is 2. The van der Waals surface area contributed by atoms with Crippen LogP contribution in [0.25, 0.3) is 0 Å². The Morgan fingerprint density at radius 3 is 2.67 bits per heavy atom. The Bertz CT molecular complexity index is 291. The Balaban J connectivity index is 3.19. The maximum Gasteiger partial charge on any atom is 0.183 e. The van der Waals surface area contributed by atoms with Crippen molar-refractivity contribution in [2.24, 2.45) is 0 Å². The van der Waals surface area contributed by atoms with Crippen molar-refractivity contribution in [3.8, 4) is 5.75 Å². The van der Waals surface area contributed by atoms with Crippen molar-refractivity contribution < 1.29 is 9.13 Å². The second kappa shape index (κ2) is 4.01. The molecule has 1 aromatic carbocycles. The highest BCUT2D eigenvalue weighted by Gasteiger charge is 2.08. The molecule has 0 aliphatic carbocycles. The van der Waals surface area contributed by atoms with Crippen LogP contribution >= 0.6 is 23.4 Å². The summed E-state index contributed by atoms with van der Waals surface area (Å²) in [5.41, 5.74) is 0. The molecule has 4 heteroatoms. The molecule has 1 rings (SSSR count). The normalized spacial score (nSPS) is 10.0. The van der Waals surface area contributed by atoms with Gasteiger partial charge >= 0.3 is 0 Å². The molecule has 0 unspecified atom stereocenters. The third-order valence-electron chi connectivity index (χ3n) is 1.42. The maximum atomic E-state index is 13.1. The van der Waals surface area contributed by atoms with E-state index in [-0.39, 0.29) is 10.8 Å². The van der Waals surface area contributed by atoms with Crippen molar-refractivity contribution >= 4 is 23.4 Å². The largest absolute Gasteiger partial charge is 0.494 e. The molecular formula is C8H8ClFOS. The van der Waals surface area contributed by atoms with Crippen molar-refractivity contribution in [2.45, 2.75) is 4.90 Å².